The molecule has 0 atom stereocenters. The van der Waals surface area contributed by atoms with Gasteiger partial charge in [0, 0.05) is 0 Å². The van der Waals surface area contributed by atoms with Gasteiger partial charge in [-0.25, -0.2) is 0 Å². The highest BCUT2D eigenvalue weighted by Gasteiger charge is 2.08. The highest BCUT2D eigenvalue weighted by Crippen LogP contribution is 2.36. The van der Waals surface area contributed by atoms with E-state index in [1.165, 1.54) is 25.3 Å². The highest BCUT2D eigenvalue weighted by molar-refractivity contribution is 5.65. The molecule has 0 spiro atoms. The summed E-state index contributed by atoms with van der Waals surface area (Å²) in [5.74, 6) is 0.113. The molecule has 1 rings (SSSR count). The molecule has 62 valence electrons. The second-order valence-electron chi connectivity index (χ2n) is 2.01. The molecule has 0 aliphatic heterocycles. The lowest BCUT2D eigenvalue weighted by molar-refractivity contribution is 0.417. The van der Waals surface area contributed by atoms with Crippen molar-refractivity contribution >= 4 is 11.4 Å². The van der Waals surface area contributed by atoms with E-state index in [1.807, 2.05) is 0 Å². The molecule has 0 fully saturated rings. The molecule has 0 unspecified atom stereocenters. The van der Waals surface area contributed by atoms with Crippen LogP contribution < -0.4 is 4.74 Å². The highest BCUT2D eigenvalue weighted by atomic mass is 16.5. The molecule has 0 bridgehead atoms. The van der Waals surface area contributed by atoms with Crippen LogP contribution in [0.15, 0.2) is 28.6 Å². The normalized spacial score (nSPS) is 9.08. The summed E-state index contributed by atoms with van der Waals surface area (Å²) in [6.07, 6.45) is 0. The van der Waals surface area contributed by atoms with E-state index in [-0.39, 0.29) is 17.1 Å². The van der Waals surface area contributed by atoms with Crippen molar-refractivity contribution in [3.63, 3.8) is 0 Å². The van der Waals surface area contributed by atoms with E-state index in [2.05, 4.69) is 10.4 Å². The Morgan fingerprint density at radius 3 is 2.00 bits per heavy atom. The predicted octanol–water partition coefficient (Wildman–Crippen LogP) is 2.49. The van der Waals surface area contributed by atoms with Crippen molar-refractivity contribution in [3.8, 4) is 5.75 Å². The maximum absolute atomic E-state index is 10.2. The van der Waals surface area contributed by atoms with Gasteiger partial charge in [-0.3, -0.25) is 0 Å². The first-order valence-corrected chi connectivity index (χ1v) is 3.17. The van der Waals surface area contributed by atoms with E-state index < -0.39 is 0 Å². The molecule has 0 heterocycles. The lowest BCUT2D eigenvalue weighted by Gasteiger charge is -2.02. The number of hydrogen-bond acceptors (Lipinski definition) is 5. The topological polar surface area (TPSA) is 68.1 Å². The summed E-state index contributed by atoms with van der Waals surface area (Å²) in [4.78, 5) is 20.4. The third-order valence-electron chi connectivity index (χ3n) is 1.37. The fourth-order valence-corrected chi connectivity index (χ4v) is 0.866. The van der Waals surface area contributed by atoms with Gasteiger partial charge in [-0.05, 0) is 22.5 Å². The number of rotatable bonds is 3. The monoisotopic (exact) mass is 166 g/mol. The van der Waals surface area contributed by atoms with Crippen molar-refractivity contribution < 1.29 is 4.74 Å². The number of benzene rings is 1. The van der Waals surface area contributed by atoms with Gasteiger partial charge in [-0.2, -0.15) is 0 Å². The molecule has 0 amide bonds. The van der Waals surface area contributed by atoms with Crippen LogP contribution in [0.1, 0.15) is 0 Å². The van der Waals surface area contributed by atoms with Crippen molar-refractivity contribution in [2.75, 3.05) is 7.11 Å². The Kier molecular flexibility index (Phi) is 2.47. The fourth-order valence-electron chi connectivity index (χ4n) is 0.866. The van der Waals surface area contributed by atoms with Gasteiger partial charge in [0.15, 0.2) is 17.1 Å². The lowest BCUT2D eigenvalue weighted by Crippen LogP contribution is -1.83. The van der Waals surface area contributed by atoms with Gasteiger partial charge in [-0.1, -0.05) is 6.07 Å². The first kappa shape index (κ1) is 8.32. The van der Waals surface area contributed by atoms with Crippen molar-refractivity contribution in [2.45, 2.75) is 0 Å². The number of ether oxygens (including phenoxy) is 1. The quantitative estimate of drug-likeness (QED) is 0.647. The Labute approximate surface area is 68.3 Å². The van der Waals surface area contributed by atoms with Gasteiger partial charge in [0.25, 0.3) is 0 Å². The van der Waals surface area contributed by atoms with Gasteiger partial charge >= 0.3 is 0 Å². The fraction of sp³-hybridized carbons (Fsp3) is 0.143. The first-order chi connectivity index (χ1) is 5.83. The summed E-state index contributed by atoms with van der Waals surface area (Å²) in [7, 11) is 1.35. The van der Waals surface area contributed by atoms with E-state index >= 15 is 0 Å². The lowest BCUT2D eigenvalue weighted by atomic mass is 10.2. The first-order valence-electron chi connectivity index (χ1n) is 3.17. The van der Waals surface area contributed by atoms with Gasteiger partial charge in [0.2, 0.25) is 0 Å². The third kappa shape index (κ3) is 1.29. The van der Waals surface area contributed by atoms with E-state index in [1.54, 1.807) is 0 Å². The summed E-state index contributed by atoms with van der Waals surface area (Å²) >= 11 is 0. The Bertz CT molecular complexity index is 285. The van der Waals surface area contributed by atoms with Gasteiger partial charge in [-0.15, -0.1) is 9.81 Å². The molecule has 5 heteroatoms. The van der Waals surface area contributed by atoms with Gasteiger partial charge < -0.3 is 4.74 Å². The summed E-state index contributed by atoms with van der Waals surface area (Å²) < 4.78 is 4.77. The Morgan fingerprint density at radius 2 is 1.67 bits per heavy atom. The molecule has 12 heavy (non-hydrogen) atoms. The molecule has 0 aliphatic carbocycles. The van der Waals surface area contributed by atoms with Crippen LogP contribution >= 0.6 is 0 Å². The van der Waals surface area contributed by atoms with Crippen molar-refractivity contribution in [3.05, 3.63) is 28.0 Å². The molecular formula is C7H6N2O3. The molecule has 0 N–H and O–H groups in total. The maximum atomic E-state index is 10.2. The average molecular weight is 166 g/mol. The summed E-state index contributed by atoms with van der Waals surface area (Å²) in [5, 5.41) is 5.35. The van der Waals surface area contributed by atoms with Crippen LogP contribution in [-0.2, 0) is 0 Å². The third-order valence-corrected chi connectivity index (χ3v) is 1.37. The van der Waals surface area contributed by atoms with Crippen LogP contribution in [-0.4, -0.2) is 7.11 Å². The Morgan fingerprint density at radius 1 is 1.17 bits per heavy atom. The number of para-hydroxylation sites is 1. The Hall–Kier alpha value is -1.78. The number of nitrogens with zero attached hydrogens (tertiary/aromatic N) is 2. The summed E-state index contributed by atoms with van der Waals surface area (Å²) in [6.45, 7) is 0. The molecule has 1 aromatic rings. The number of methoxy groups -OCH3 is 1. The van der Waals surface area contributed by atoms with E-state index in [4.69, 9.17) is 4.74 Å². The number of nitroso groups, excluding NO2 is 2. The zero-order chi connectivity index (χ0) is 8.97. The molecule has 0 saturated carbocycles. The Balaban J connectivity index is 3.30. The second kappa shape index (κ2) is 3.56. The molecule has 0 radical (unpaired) electrons. The summed E-state index contributed by atoms with van der Waals surface area (Å²) in [5.41, 5.74) is 0.157. The molecule has 5 nitrogen and oxygen atoms in total. The number of hydrogen-bond donors (Lipinski definition) is 0. The summed E-state index contributed by atoms with van der Waals surface area (Å²) in [6, 6.07) is 4.40. The van der Waals surface area contributed by atoms with Crippen molar-refractivity contribution in [1.82, 2.24) is 0 Å². The largest absolute Gasteiger partial charge is 0.492 e. The van der Waals surface area contributed by atoms with Crippen molar-refractivity contribution in [1.29, 1.82) is 0 Å². The molecular weight excluding hydrogens is 160 g/mol. The molecule has 0 aromatic heterocycles. The van der Waals surface area contributed by atoms with E-state index in [0.29, 0.717) is 0 Å². The minimum absolute atomic E-state index is 0.0783. The molecule has 1 aromatic carbocycles. The molecule has 0 aliphatic rings. The SMILES string of the molecule is COc1c(N=O)cccc1N=O. The second-order valence-corrected chi connectivity index (χ2v) is 2.01. The predicted molar refractivity (Wildman–Crippen MR) is 43.9 cm³/mol. The van der Waals surface area contributed by atoms with Crippen molar-refractivity contribution in [2.24, 2.45) is 10.4 Å². The van der Waals surface area contributed by atoms with E-state index in [9.17, 15) is 9.81 Å². The standard InChI is InChI=1S/C7H6N2O3/c1-12-7-5(8-10)3-2-4-6(7)9-11/h2-4H,1H3. The van der Waals surface area contributed by atoms with Crippen LogP contribution in [0.4, 0.5) is 11.4 Å². The molecule has 0 saturated heterocycles. The van der Waals surface area contributed by atoms with Crippen LogP contribution in [0.5, 0.6) is 5.75 Å². The zero-order valence-electron chi connectivity index (χ0n) is 6.35. The van der Waals surface area contributed by atoms with Crippen LogP contribution in [0, 0.1) is 9.81 Å². The maximum Gasteiger partial charge on any atom is 0.177 e. The minimum Gasteiger partial charge on any atom is -0.492 e. The van der Waals surface area contributed by atoms with Crippen LogP contribution in [0.3, 0.4) is 0 Å². The van der Waals surface area contributed by atoms with Gasteiger partial charge in [0.05, 0.1) is 7.11 Å². The minimum atomic E-state index is 0.0783. The zero-order valence-corrected chi connectivity index (χ0v) is 6.35. The van der Waals surface area contributed by atoms with Crippen LogP contribution in [0.25, 0.3) is 0 Å². The average Bonchev–Trinajstić information content (AvgIpc) is 2.16. The smallest absolute Gasteiger partial charge is 0.177 e. The van der Waals surface area contributed by atoms with Crippen LogP contribution in [0.2, 0.25) is 0 Å². The van der Waals surface area contributed by atoms with E-state index in [0.717, 1.165) is 0 Å². The van der Waals surface area contributed by atoms with Gasteiger partial charge in [0.1, 0.15) is 0 Å².